The normalized spacial score (nSPS) is 15.3. The van der Waals surface area contributed by atoms with Crippen LogP contribution in [0.1, 0.15) is 43.2 Å². The first-order valence-electron chi connectivity index (χ1n) is 15.3. The predicted molar refractivity (Wildman–Crippen MR) is 172 cm³/mol. The molecule has 1 heterocycles. The minimum absolute atomic E-state index is 0.0532. The summed E-state index contributed by atoms with van der Waals surface area (Å²) in [7, 11) is 0. The number of primary amides is 1. The van der Waals surface area contributed by atoms with E-state index in [1.807, 2.05) is 72.8 Å². The van der Waals surface area contributed by atoms with Gasteiger partial charge >= 0.3 is 0 Å². The Kier molecular flexibility index (Phi) is 12.1. The molecule has 0 aromatic heterocycles. The molecular formula is C34H42N6O4. The van der Waals surface area contributed by atoms with Crippen LogP contribution in [-0.2, 0) is 32.0 Å². The molecular weight excluding hydrogens is 556 g/mol. The Bertz CT molecular complexity index is 1470. The molecule has 0 bridgehead atoms. The molecule has 10 nitrogen and oxygen atoms in total. The molecule has 0 spiro atoms. The molecule has 0 saturated carbocycles. The van der Waals surface area contributed by atoms with E-state index in [1.54, 1.807) is 0 Å². The standard InChI is InChI=1S/C34H42N6O4/c35-17-7-6-12-28(31(36)41)38-33(43)29(21-23-8-2-1-3-9-23)40-34(44)30(39-32(42)26-15-18-37-19-16-26)22-24-13-14-25-10-4-5-11-27(25)20-24/h1-5,8-11,13-14,20,26,28,30,37H,6-7,12,15-19,21-22,35H2,(H2,36,41)(H,38,43)(H,39,42)/t28-,30+/m0/s1. The SMILES string of the molecule is NCCCC[C@H](NC(=O)C(Cc1ccccc1)=NC(=O)[C@@H](Cc1ccc2ccccc2c1)NC(=O)C1CCNCC1)C(N)=O. The van der Waals surface area contributed by atoms with Gasteiger partial charge in [-0.3, -0.25) is 19.2 Å². The van der Waals surface area contributed by atoms with E-state index in [1.165, 1.54) is 0 Å². The summed E-state index contributed by atoms with van der Waals surface area (Å²) < 4.78 is 0. The van der Waals surface area contributed by atoms with Crippen molar-refractivity contribution in [1.29, 1.82) is 0 Å². The molecule has 1 aliphatic heterocycles. The number of amides is 4. The lowest BCUT2D eigenvalue weighted by molar-refractivity contribution is -0.130. The van der Waals surface area contributed by atoms with Crippen molar-refractivity contribution in [2.75, 3.05) is 19.6 Å². The minimum Gasteiger partial charge on any atom is -0.368 e. The molecule has 0 radical (unpaired) electrons. The fraction of sp³-hybridized carbons (Fsp3) is 0.382. The van der Waals surface area contributed by atoms with E-state index in [0.29, 0.717) is 38.6 Å². The number of nitrogens with two attached hydrogens (primary N) is 2. The van der Waals surface area contributed by atoms with Gasteiger partial charge in [-0.15, -0.1) is 0 Å². The molecule has 1 fully saturated rings. The molecule has 0 aliphatic carbocycles. The van der Waals surface area contributed by atoms with Gasteiger partial charge in [-0.2, -0.15) is 0 Å². The Morgan fingerprint density at radius 3 is 2.25 bits per heavy atom. The van der Waals surface area contributed by atoms with Crippen LogP contribution in [0, 0.1) is 5.92 Å². The van der Waals surface area contributed by atoms with Crippen LogP contribution < -0.4 is 27.4 Å². The average molecular weight is 599 g/mol. The van der Waals surface area contributed by atoms with Crippen LogP contribution in [0.2, 0.25) is 0 Å². The first-order valence-corrected chi connectivity index (χ1v) is 15.3. The molecule has 10 heteroatoms. The van der Waals surface area contributed by atoms with Gasteiger partial charge in [0.1, 0.15) is 17.8 Å². The second-order valence-electron chi connectivity index (χ2n) is 11.2. The van der Waals surface area contributed by atoms with E-state index < -0.39 is 29.8 Å². The zero-order valence-corrected chi connectivity index (χ0v) is 25.0. The Morgan fingerprint density at radius 2 is 1.55 bits per heavy atom. The summed E-state index contributed by atoms with van der Waals surface area (Å²) >= 11 is 0. The van der Waals surface area contributed by atoms with Crippen LogP contribution in [0.5, 0.6) is 0 Å². The second kappa shape index (κ2) is 16.4. The minimum atomic E-state index is -0.992. The number of unbranched alkanes of at least 4 members (excludes halogenated alkanes) is 1. The van der Waals surface area contributed by atoms with Crippen molar-refractivity contribution in [3.05, 3.63) is 83.9 Å². The Labute approximate surface area is 258 Å². The largest absolute Gasteiger partial charge is 0.368 e. The molecule has 7 N–H and O–H groups in total. The molecule has 3 aromatic rings. The zero-order chi connectivity index (χ0) is 31.3. The van der Waals surface area contributed by atoms with Crippen LogP contribution >= 0.6 is 0 Å². The summed E-state index contributed by atoms with van der Waals surface area (Å²) in [6.07, 6.45) is 3.20. The van der Waals surface area contributed by atoms with Crippen molar-refractivity contribution < 1.29 is 19.2 Å². The first kappa shape index (κ1) is 32.5. The Hall–Kier alpha value is -4.41. The van der Waals surface area contributed by atoms with Crippen molar-refractivity contribution in [2.45, 2.75) is 57.0 Å². The van der Waals surface area contributed by atoms with Gasteiger partial charge in [-0.05, 0) is 73.6 Å². The highest BCUT2D eigenvalue weighted by molar-refractivity contribution is 6.41. The van der Waals surface area contributed by atoms with Crippen LogP contribution in [0.4, 0.5) is 0 Å². The third-order valence-electron chi connectivity index (χ3n) is 7.90. The number of nitrogens with zero attached hydrogens (tertiary/aromatic N) is 1. The number of hydrogen-bond donors (Lipinski definition) is 5. The van der Waals surface area contributed by atoms with Crippen molar-refractivity contribution >= 4 is 40.1 Å². The number of hydrogen-bond acceptors (Lipinski definition) is 6. The molecule has 0 unspecified atom stereocenters. The fourth-order valence-electron chi connectivity index (χ4n) is 5.37. The van der Waals surface area contributed by atoms with Gasteiger partial charge in [0.2, 0.25) is 11.8 Å². The number of benzene rings is 3. The van der Waals surface area contributed by atoms with E-state index in [-0.39, 0.29) is 30.4 Å². The topological polar surface area (TPSA) is 169 Å². The summed E-state index contributed by atoms with van der Waals surface area (Å²) in [4.78, 5) is 57.1. The summed E-state index contributed by atoms with van der Waals surface area (Å²) in [5.74, 6) is -2.40. The summed E-state index contributed by atoms with van der Waals surface area (Å²) in [5.41, 5.74) is 12.7. The molecule has 232 valence electrons. The van der Waals surface area contributed by atoms with E-state index in [0.717, 1.165) is 35.0 Å². The predicted octanol–water partition coefficient (Wildman–Crippen LogP) is 2.18. The van der Waals surface area contributed by atoms with Crippen molar-refractivity contribution in [3.63, 3.8) is 0 Å². The summed E-state index contributed by atoms with van der Waals surface area (Å²) in [6, 6.07) is 21.0. The lowest BCUT2D eigenvalue weighted by Gasteiger charge is -2.24. The number of nitrogens with one attached hydrogen (secondary N) is 3. The highest BCUT2D eigenvalue weighted by Gasteiger charge is 2.29. The summed E-state index contributed by atoms with van der Waals surface area (Å²) in [5, 5.41) is 10.9. The van der Waals surface area contributed by atoms with Crippen molar-refractivity contribution in [3.8, 4) is 0 Å². The highest BCUT2D eigenvalue weighted by atomic mass is 16.2. The number of rotatable bonds is 14. The van der Waals surface area contributed by atoms with Crippen molar-refractivity contribution in [2.24, 2.45) is 22.4 Å². The van der Waals surface area contributed by atoms with Gasteiger partial charge in [0, 0.05) is 18.8 Å². The Balaban J connectivity index is 1.63. The molecule has 1 aliphatic rings. The number of fused-ring (bicyclic) bond motifs is 1. The highest BCUT2D eigenvalue weighted by Crippen LogP contribution is 2.18. The molecule has 4 rings (SSSR count). The zero-order valence-electron chi connectivity index (χ0n) is 25.0. The maximum Gasteiger partial charge on any atom is 0.268 e. The van der Waals surface area contributed by atoms with Gasteiger partial charge in [0.15, 0.2) is 0 Å². The third kappa shape index (κ3) is 9.55. The van der Waals surface area contributed by atoms with Gasteiger partial charge in [-0.1, -0.05) is 72.8 Å². The van der Waals surface area contributed by atoms with Crippen LogP contribution in [0.15, 0.2) is 77.8 Å². The quantitative estimate of drug-likeness (QED) is 0.141. The monoisotopic (exact) mass is 598 g/mol. The second-order valence-corrected chi connectivity index (χ2v) is 11.2. The molecule has 3 aromatic carbocycles. The molecule has 44 heavy (non-hydrogen) atoms. The maximum absolute atomic E-state index is 13.9. The van der Waals surface area contributed by atoms with Gasteiger partial charge in [0.05, 0.1) is 0 Å². The number of carbonyl (C=O) groups is 4. The maximum atomic E-state index is 13.9. The van der Waals surface area contributed by atoms with E-state index in [4.69, 9.17) is 11.5 Å². The molecule has 1 saturated heterocycles. The lowest BCUT2D eigenvalue weighted by Crippen LogP contribution is -2.49. The molecule has 4 amide bonds. The smallest absolute Gasteiger partial charge is 0.268 e. The Morgan fingerprint density at radius 1 is 0.841 bits per heavy atom. The number of carbonyl (C=O) groups excluding carboxylic acids is 4. The van der Waals surface area contributed by atoms with Gasteiger partial charge in [0.25, 0.3) is 11.8 Å². The average Bonchev–Trinajstić information content (AvgIpc) is 3.04. The van der Waals surface area contributed by atoms with Crippen LogP contribution in [0.25, 0.3) is 10.8 Å². The number of aliphatic imine (C=N–C) groups is 1. The summed E-state index contributed by atoms with van der Waals surface area (Å²) in [6.45, 7) is 1.91. The van der Waals surface area contributed by atoms with E-state index in [2.05, 4.69) is 20.9 Å². The van der Waals surface area contributed by atoms with E-state index in [9.17, 15) is 19.2 Å². The van der Waals surface area contributed by atoms with Crippen LogP contribution in [-0.4, -0.2) is 61.1 Å². The lowest BCUT2D eigenvalue weighted by atomic mass is 9.95. The molecule has 2 atom stereocenters. The van der Waals surface area contributed by atoms with Crippen molar-refractivity contribution in [1.82, 2.24) is 16.0 Å². The van der Waals surface area contributed by atoms with Crippen LogP contribution in [0.3, 0.4) is 0 Å². The third-order valence-corrected chi connectivity index (χ3v) is 7.90. The first-order chi connectivity index (χ1) is 21.3. The fourth-order valence-corrected chi connectivity index (χ4v) is 5.37. The van der Waals surface area contributed by atoms with Gasteiger partial charge < -0.3 is 27.4 Å². The van der Waals surface area contributed by atoms with E-state index >= 15 is 0 Å². The number of piperidine rings is 1. The van der Waals surface area contributed by atoms with Gasteiger partial charge in [-0.25, -0.2) is 4.99 Å².